The van der Waals surface area contributed by atoms with E-state index >= 15 is 0 Å². The van der Waals surface area contributed by atoms with E-state index in [4.69, 9.17) is 4.99 Å². The second-order valence-electron chi connectivity index (χ2n) is 10.9. The third kappa shape index (κ3) is 5.87. The molecule has 3 aliphatic rings. The number of hydrogen-bond donors (Lipinski definition) is 2. The van der Waals surface area contributed by atoms with Gasteiger partial charge in [0, 0.05) is 68.7 Å². The van der Waals surface area contributed by atoms with E-state index in [1.807, 2.05) is 24.5 Å². The fourth-order valence-corrected chi connectivity index (χ4v) is 5.82. The third-order valence-corrected chi connectivity index (χ3v) is 8.01. The van der Waals surface area contributed by atoms with E-state index in [1.165, 1.54) is 24.8 Å². The van der Waals surface area contributed by atoms with Gasteiger partial charge in [0.1, 0.15) is 11.5 Å². The molecule has 202 valence electrons. The normalized spacial score (nSPS) is 19.8. The van der Waals surface area contributed by atoms with Crippen LogP contribution in [-0.4, -0.2) is 72.3 Å². The van der Waals surface area contributed by atoms with Crippen LogP contribution in [0.15, 0.2) is 60.0 Å². The minimum absolute atomic E-state index is 0.200. The number of carbonyl (C=O) groups is 1. The first-order chi connectivity index (χ1) is 19.1. The van der Waals surface area contributed by atoms with Crippen LogP contribution in [0.3, 0.4) is 0 Å². The Balaban J connectivity index is 1.20. The van der Waals surface area contributed by atoms with E-state index in [-0.39, 0.29) is 11.8 Å². The van der Waals surface area contributed by atoms with Gasteiger partial charge < -0.3 is 15.5 Å². The van der Waals surface area contributed by atoms with Gasteiger partial charge in [-0.2, -0.15) is 0 Å². The smallest absolute Gasteiger partial charge is 0.274 e. The summed E-state index contributed by atoms with van der Waals surface area (Å²) in [5.74, 6) is 0.993. The van der Waals surface area contributed by atoms with Gasteiger partial charge in [-0.05, 0) is 66.9 Å². The highest BCUT2D eigenvalue weighted by atomic mass is 16.1. The summed E-state index contributed by atoms with van der Waals surface area (Å²) in [4.78, 5) is 32.1. The van der Waals surface area contributed by atoms with Gasteiger partial charge in [-0.1, -0.05) is 25.5 Å². The lowest BCUT2D eigenvalue weighted by Crippen LogP contribution is -2.43. The zero-order valence-electron chi connectivity index (χ0n) is 22.7. The van der Waals surface area contributed by atoms with Gasteiger partial charge in [-0.3, -0.25) is 19.7 Å². The highest BCUT2D eigenvalue weighted by molar-refractivity contribution is 6.49. The fraction of sp³-hybridized carbons (Fsp3) is 0.419. The lowest BCUT2D eigenvalue weighted by molar-refractivity contribution is -0.110. The first kappa shape index (κ1) is 25.6. The van der Waals surface area contributed by atoms with Crippen molar-refractivity contribution in [2.75, 3.05) is 56.0 Å². The van der Waals surface area contributed by atoms with Crippen LogP contribution in [-0.2, 0) is 11.3 Å². The first-order valence-corrected chi connectivity index (χ1v) is 14.2. The lowest BCUT2D eigenvalue weighted by Gasteiger charge is -2.28. The zero-order chi connectivity index (χ0) is 26.6. The van der Waals surface area contributed by atoms with Gasteiger partial charge in [0.25, 0.3) is 5.91 Å². The Hall–Kier alpha value is -3.62. The summed E-state index contributed by atoms with van der Waals surface area (Å²) in [5, 5.41) is 6.39. The molecule has 0 bridgehead atoms. The number of hydrogen-bond acceptors (Lipinski definition) is 7. The number of aliphatic imine (C=N–C) groups is 1. The van der Waals surface area contributed by atoms with Gasteiger partial charge in [0.15, 0.2) is 0 Å². The number of fused-ring (bicyclic) bond motifs is 1. The Morgan fingerprint density at radius 2 is 1.82 bits per heavy atom. The predicted molar refractivity (Wildman–Crippen MR) is 157 cm³/mol. The van der Waals surface area contributed by atoms with E-state index in [0.717, 1.165) is 73.9 Å². The number of anilines is 2. The summed E-state index contributed by atoms with van der Waals surface area (Å²) >= 11 is 0. The van der Waals surface area contributed by atoms with Crippen molar-refractivity contribution in [3.05, 3.63) is 71.7 Å². The molecule has 2 saturated heterocycles. The van der Waals surface area contributed by atoms with Gasteiger partial charge in [0.05, 0.1) is 11.9 Å². The molecule has 1 aromatic carbocycles. The number of benzene rings is 1. The number of amides is 1. The summed E-state index contributed by atoms with van der Waals surface area (Å²) in [6.45, 7) is 9.79. The Labute approximate surface area is 230 Å². The van der Waals surface area contributed by atoms with Crippen LogP contribution in [0, 0.1) is 0 Å². The molecule has 3 aromatic rings. The number of nitrogens with zero attached hydrogens (tertiary/aromatic N) is 5. The summed E-state index contributed by atoms with van der Waals surface area (Å²) in [7, 11) is 0. The predicted octanol–water partition coefficient (Wildman–Crippen LogP) is 4.08. The number of likely N-dealkylation sites (tertiary alicyclic amines) is 1. The van der Waals surface area contributed by atoms with Crippen molar-refractivity contribution in [1.29, 1.82) is 0 Å². The summed E-state index contributed by atoms with van der Waals surface area (Å²) < 4.78 is 0. The molecule has 6 rings (SSSR count). The molecule has 39 heavy (non-hydrogen) atoms. The second-order valence-corrected chi connectivity index (χ2v) is 10.9. The Kier molecular flexibility index (Phi) is 7.65. The van der Waals surface area contributed by atoms with Gasteiger partial charge in [-0.15, -0.1) is 0 Å². The van der Waals surface area contributed by atoms with Gasteiger partial charge >= 0.3 is 0 Å². The lowest BCUT2D eigenvalue weighted by atomic mass is 9.87. The number of carbonyl (C=O) groups excluding carboxylic acids is 1. The van der Waals surface area contributed by atoms with E-state index < -0.39 is 0 Å². The van der Waals surface area contributed by atoms with Crippen LogP contribution in [0.4, 0.5) is 11.5 Å². The minimum atomic E-state index is -0.200. The average molecular weight is 524 g/mol. The first-order valence-electron chi connectivity index (χ1n) is 14.2. The number of piperidine rings is 1. The maximum absolute atomic E-state index is 13.4. The van der Waals surface area contributed by atoms with Crippen molar-refractivity contribution in [1.82, 2.24) is 20.2 Å². The minimum Gasteiger partial charge on any atom is -0.354 e. The number of piperazine rings is 1. The summed E-state index contributed by atoms with van der Waals surface area (Å²) in [6.07, 6.45) is 9.50. The Morgan fingerprint density at radius 1 is 0.974 bits per heavy atom. The number of rotatable bonds is 6. The van der Waals surface area contributed by atoms with Crippen molar-refractivity contribution >= 4 is 23.1 Å². The molecule has 2 fully saturated rings. The summed E-state index contributed by atoms with van der Waals surface area (Å²) in [6, 6.07) is 12.5. The van der Waals surface area contributed by atoms with Crippen molar-refractivity contribution < 1.29 is 4.79 Å². The van der Waals surface area contributed by atoms with Crippen LogP contribution in [0.25, 0.3) is 11.1 Å². The van der Waals surface area contributed by atoms with Crippen LogP contribution in [0.2, 0.25) is 0 Å². The van der Waals surface area contributed by atoms with Gasteiger partial charge in [0.2, 0.25) is 0 Å². The molecule has 0 aliphatic carbocycles. The molecule has 3 aliphatic heterocycles. The molecule has 8 heteroatoms. The molecular formula is C31H37N7O. The molecule has 2 aromatic heterocycles. The average Bonchev–Trinajstić information content (AvgIpc) is 2.99. The Morgan fingerprint density at radius 3 is 2.62 bits per heavy atom. The maximum atomic E-state index is 13.4. The molecule has 0 spiro atoms. The quantitative estimate of drug-likeness (QED) is 0.506. The molecule has 5 heterocycles. The largest absolute Gasteiger partial charge is 0.354 e. The fourth-order valence-electron chi connectivity index (χ4n) is 5.82. The van der Waals surface area contributed by atoms with Crippen LogP contribution in [0.5, 0.6) is 0 Å². The van der Waals surface area contributed by atoms with E-state index in [2.05, 4.69) is 61.6 Å². The molecule has 0 radical (unpaired) electrons. The second kappa shape index (κ2) is 11.6. The maximum Gasteiger partial charge on any atom is 0.274 e. The Bertz CT molecular complexity index is 1340. The highest BCUT2D eigenvalue weighted by Crippen LogP contribution is 2.31. The van der Waals surface area contributed by atoms with E-state index in [1.54, 1.807) is 6.20 Å². The monoisotopic (exact) mass is 523 g/mol. The number of nitrogens with one attached hydrogen (secondary N) is 2. The van der Waals surface area contributed by atoms with Crippen LogP contribution >= 0.6 is 0 Å². The molecule has 2 N–H and O–H groups in total. The van der Waals surface area contributed by atoms with Crippen molar-refractivity contribution in [3.63, 3.8) is 0 Å². The molecule has 1 amide bonds. The molecule has 8 nitrogen and oxygen atoms in total. The van der Waals surface area contributed by atoms with E-state index in [0.29, 0.717) is 17.9 Å². The molecular weight excluding hydrogens is 486 g/mol. The standard InChI is InChI=1S/C31H37N7O/c1-22-17-35-30(31(39)36-26-6-8-29(34-20-26)38-13-9-32-10-14-38)28-16-24(5-7-27(22)28)25-15-23(18-33-19-25)21-37-11-3-2-4-12-37/h5-8,15-16,18-20,22,32H,2-4,9-14,17,21H2,1H3,(H,36,39)/t22-/m1/s1. The van der Waals surface area contributed by atoms with Crippen molar-refractivity contribution in [2.24, 2.45) is 4.99 Å². The molecule has 0 unspecified atom stereocenters. The topological polar surface area (TPSA) is 85.8 Å². The van der Waals surface area contributed by atoms with Gasteiger partial charge in [-0.25, -0.2) is 4.98 Å². The summed E-state index contributed by atoms with van der Waals surface area (Å²) in [5.41, 5.74) is 6.56. The molecule has 0 saturated carbocycles. The highest BCUT2D eigenvalue weighted by Gasteiger charge is 2.25. The molecule has 1 atom stereocenters. The number of pyridine rings is 2. The van der Waals surface area contributed by atoms with Crippen LogP contribution < -0.4 is 15.5 Å². The zero-order valence-corrected chi connectivity index (χ0v) is 22.7. The van der Waals surface area contributed by atoms with E-state index in [9.17, 15) is 4.79 Å². The van der Waals surface area contributed by atoms with Crippen molar-refractivity contribution in [3.8, 4) is 11.1 Å². The number of aromatic nitrogens is 2. The third-order valence-electron chi connectivity index (χ3n) is 8.01. The van der Waals surface area contributed by atoms with Crippen molar-refractivity contribution in [2.45, 2.75) is 38.6 Å². The SMILES string of the molecule is C[C@@H]1CN=C(C(=O)Nc2ccc(N3CCNCC3)nc2)c2cc(-c3cncc(CN4CCCCC4)c3)ccc21. The van der Waals surface area contributed by atoms with Crippen LogP contribution in [0.1, 0.15) is 48.8 Å².